The highest BCUT2D eigenvalue weighted by molar-refractivity contribution is 6.31. The quantitative estimate of drug-likeness (QED) is 0.918. The summed E-state index contributed by atoms with van der Waals surface area (Å²) in [5.41, 5.74) is 7.49. The van der Waals surface area contributed by atoms with Crippen LogP contribution in [0.15, 0.2) is 36.7 Å². The van der Waals surface area contributed by atoms with Crippen molar-refractivity contribution in [3.63, 3.8) is 0 Å². The van der Waals surface area contributed by atoms with Crippen molar-refractivity contribution in [3.8, 4) is 0 Å². The normalized spacial score (nSPS) is 10.4. The van der Waals surface area contributed by atoms with Crippen molar-refractivity contribution >= 4 is 17.4 Å². The third kappa shape index (κ3) is 2.78. The summed E-state index contributed by atoms with van der Waals surface area (Å²) in [7, 11) is 1.95. The van der Waals surface area contributed by atoms with Gasteiger partial charge in [-0.15, -0.1) is 0 Å². The van der Waals surface area contributed by atoms with Gasteiger partial charge in [-0.3, -0.25) is 4.98 Å². The van der Waals surface area contributed by atoms with E-state index in [2.05, 4.69) is 9.97 Å². The summed E-state index contributed by atoms with van der Waals surface area (Å²) in [5.74, 6) is 0.792. The molecule has 0 radical (unpaired) electrons. The molecule has 0 unspecified atom stereocenters. The first kappa shape index (κ1) is 12.8. The fourth-order valence-electron chi connectivity index (χ4n) is 1.78. The highest BCUT2D eigenvalue weighted by Crippen LogP contribution is 2.20. The van der Waals surface area contributed by atoms with Gasteiger partial charge in [0.15, 0.2) is 5.82 Å². The molecule has 4 nitrogen and oxygen atoms in total. The van der Waals surface area contributed by atoms with Crippen molar-refractivity contribution in [2.75, 3.05) is 11.9 Å². The zero-order valence-corrected chi connectivity index (χ0v) is 10.9. The monoisotopic (exact) mass is 262 g/mol. The molecule has 2 aromatic rings. The maximum atomic E-state index is 6.14. The van der Waals surface area contributed by atoms with Gasteiger partial charge in [-0.05, 0) is 11.6 Å². The van der Waals surface area contributed by atoms with Crippen LogP contribution in [-0.2, 0) is 13.1 Å². The zero-order chi connectivity index (χ0) is 13.0. The van der Waals surface area contributed by atoms with E-state index in [0.717, 1.165) is 22.1 Å². The van der Waals surface area contributed by atoms with Gasteiger partial charge in [0, 0.05) is 37.6 Å². The van der Waals surface area contributed by atoms with Gasteiger partial charge >= 0.3 is 0 Å². The average Bonchev–Trinajstić information content (AvgIpc) is 2.41. The van der Waals surface area contributed by atoms with E-state index in [1.54, 1.807) is 12.4 Å². The summed E-state index contributed by atoms with van der Waals surface area (Å²) >= 11 is 6.14. The molecule has 0 saturated heterocycles. The average molecular weight is 263 g/mol. The van der Waals surface area contributed by atoms with Crippen molar-refractivity contribution in [2.45, 2.75) is 13.1 Å². The zero-order valence-electron chi connectivity index (χ0n) is 10.2. The molecule has 5 heteroatoms. The lowest BCUT2D eigenvalue weighted by atomic mass is 10.2. The Morgan fingerprint density at radius 1 is 1.22 bits per heavy atom. The SMILES string of the molecule is CN(Cc1ccccc1Cl)c1nccnc1CN. The first-order chi connectivity index (χ1) is 8.72. The molecule has 0 aliphatic heterocycles. The minimum Gasteiger partial charge on any atom is -0.354 e. The molecule has 0 saturated carbocycles. The molecular formula is C13H15ClN4. The molecular weight excluding hydrogens is 248 g/mol. The Morgan fingerprint density at radius 2 is 1.94 bits per heavy atom. The van der Waals surface area contributed by atoms with Crippen LogP contribution in [0, 0.1) is 0 Å². The highest BCUT2D eigenvalue weighted by Gasteiger charge is 2.10. The number of aromatic nitrogens is 2. The van der Waals surface area contributed by atoms with E-state index >= 15 is 0 Å². The number of nitrogens with zero attached hydrogens (tertiary/aromatic N) is 3. The van der Waals surface area contributed by atoms with Gasteiger partial charge in [-0.2, -0.15) is 0 Å². The molecule has 0 aliphatic carbocycles. The van der Waals surface area contributed by atoms with Crippen molar-refractivity contribution in [2.24, 2.45) is 5.73 Å². The smallest absolute Gasteiger partial charge is 0.151 e. The second kappa shape index (κ2) is 5.80. The second-order valence-corrected chi connectivity index (χ2v) is 4.39. The summed E-state index contributed by atoms with van der Waals surface area (Å²) in [6, 6.07) is 7.76. The Bertz CT molecular complexity index is 530. The summed E-state index contributed by atoms with van der Waals surface area (Å²) in [4.78, 5) is 10.5. The fourth-order valence-corrected chi connectivity index (χ4v) is 1.97. The Hall–Kier alpha value is -1.65. The predicted octanol–water partition coefficient (Wildman–Crippen LogP) is 2.23. The van der Waals surface area contributed by atoms with E-state index in [4.69, 9.17) is 17.3 Å². The molecule has 2 N–H and O–H groups in total. The first-order valence-corrected chi connectivity index (χ1v) is 6.04. The molecule has 0 amide bonds. The lowest BCUT2D eigenvalue weighted by Gasteiger charge is -2.20. The number of halogens is 1. The Balaban J connectivity index is 2.22. The summed E-state index contributed by atoms with van der Waals surface area (Å²) in [6.07, 6.45) is 3.31. The molecule has 1 heterocycles. The van der Waals surface area contributed by atoms with Gasteiger partial charge in [0.1, 0.15) is 0 Å². The van der Waals surface area contributed by atoms with Crippen LogP contribution in [0.4, 0.5) is 5.82 Å². The third-order valence-electron chi connectivity index (χ3n) is 2.67. The van der Waals surface area contributed by atoms with E-state index in [1.807, 2.05) is 36.2 Å². The molecule has 1 aromatic heterocycles. The second-order valence-electron chi connectivity index (χ2n) is 3.98. The van der Waals surface area contributed by atoms with Crippen LogP contribution in [0.25, 0.3) is 0 Å². The molecule has 0 spiro atoms. The molecule has 2 rings (SSSR count). The van der Waals surface area contributed by atoms with Crippen LogP contribution in [-0.4, -0.2) is 17.0 Å². The van der Waals surface area contributed by atoms with Gasteiger partial charge in [0.05, 0.1) is 5.69 Å². The van der Waals surface area contributed by atoms with E-state index in [9.17, 15) is 0 Å². The van der Waals surface area contributed by atoms with Gasteiger partial charge in [-0.25, -0.2) is 4.98 Å². The number of nitrogens with two attached hydrogens (primary N) is 1. The Labute approximate surface area is 111 Å². The minimum absolute atomic E-state index is 0.371. The number of benzene rings is 1. The molecule has 18 heavy (non-hydrogen) atoms. The van der Waals surface area contributed by atoms with Crippen LogP contribution in [0.5, 0.6) is 0 Å². The molecule has 0 fully saturated rings. The largest absolute Gasteiger partial charge is 0.354 e. The van der Waals surface area contributed by atoms with Crippen molar-refractivity contribution in [1.82, 2.24) is 9.97 Å². The van der Waals surface area contributed by atoms with Crippen LogP contribution in [0.2, 0.25) is 5.02 Å². The standard InChI is InChI=1S/C13H15ClN4/c1-18(9-10-4-2-3-5-11(10)14)13-12(8-15)16-6-7-17-13/h2-7H,8-9,15H2,1H3. The lowest BCUT2D eigenvalue weighted by molar-refractivity contribution is 0.853. The minimum atomic E-state index is 0.371. The molecule has 0 aliphatic rings. The summed E-state index contributed by atoms with van der Waals surface area (Å²) < 4.78 is 0. The maximum Gasteiger partial charge on any atom is 0.151 e. The predicted molar refractivity (Wildman–Crippen MR) is 73.5 cm³/mol. The fraction of sp³-hybridized carbons (Fsp3) is 0.231. The summed E-state index contributed by atoms with van der Waals surface area (Å²) in [5, 5.41) is 0.752. The van der Waals surface area contributed by atoms with Gasteiger partial charge in [0.25, 0.3) is 0 Å². The number of hydrogen-bond donors (Lipinski definition) is 1. The van der Waals surface area contributed by atoms with Gasteiger partial charge < -0.3 is 10.6 Å². The topological polar surface area (TPSA) is 55.0 Å². The highest BCUT2D eigenvalue weighted by atomic mass is 35.5. The van der Waals surface area contributed by atoms with E-state index in [1.165, 1.54) is 0 Å². The van der Waals surface area contributed by atoms with E-state index in [0.29, 0.717) is 13.1 Å². The van der Waals surface area contributed by atoms with Gasteiger partial charge in [0.2, 0.25) is 0 Å². The van der Waals surface area contributed by atoms with Crippen LogP contribution in [0.1, 0.15) is 11.3 Å². The van der Waals surface area contributed by atoms with Crippen LogP contribution in [0.3, 0.4) is 0 Å². The Kier molecular flexibility index (Phi) is 4.12. The molecule has 94 valence electrons. The maximum absolute atomic E-state index is 6.14. The molecule has 0 bridgehead atoms. The lowest BCUT2D eigenvalue weighted by Crippen LogP contribution is -2.21. The van der Waals surface area contributed by atoms with Crippen molar-refractivity contribution in [1.29, 1.82) is 0 Å². The van der Waals surface area contributed by atoms with Crippen LogP contribution >= 0.6 is 11.6 Å². The number of anilines is 1. The number of hydrogen-bond acceptors (Lipinski definition) is 4. The molecule has 1 aromatic carbocycles. The first-order valence-electron chi connectivity index (χ1n) is 5.67. The van der Waals surface area contributed by atoms with Crippen molar-refractivity contribution < 1.29 is 0 Å². The van der Waals surface area contributed by atoms with Crippen LogP contribution < -0.4 is 10.6 Å². The van der Waals surface area contributed by atoms with E-state index < -0.39 is 0 Å². The summed E-state index contributed by atoms with van der Waals surface area (Å²) in [6.45, 7) is 1.04. The number of rotatable bonds is 4. The van der Waals surface area contributed by atoms with Gasteiger partial charge in [-0.1, -0.05) is 29.8 Å². The van der Waals surface area contributed by atoms with E-state index in [-0.39, 0.29) is 0 Å². The van der Waals surface area contributed by atoms with Crippen molar-refractivity contribution in [3.05, 3.63) is 52.9 Å². The Morgan fingerprint density at radius 3 is 2.67 bits per heavy atom. The third-order valence-corrected chi connectivity index (χ3v) is 3.04. The molecule has 0 atom stereocenters.